The smallest absolute Gasteiger partial charge is 0.268 e. The lowest BCUT2D eigenvalue weighted by Gasteiger charge is -2.08. The van der Waals surface area contributed by atoms with Crippen molar-refractivity contribution in [3.05, 3.63) is 75.3 Å². The third-order valence-corrected chi connectivity index (χ3v) is 3.83. The van der Waals surface area contributed by atoms with E-state index in [9.17, 15) is 22.8 Å². The SMILES string of the molecule is O=C(/C=C/c1cc(C(F)(F)F)ccc1Cl)NNC(=O)c1ccccc1Cl. The first-order valence-electron chi connectivity index (χ1n) is 7.08. The normalized spacial score (nSPS) is 11.4. The lowest BCUT2D eigenvalue weighted by atomic mass is 10.1. The largest absolute Gasteiger partial charge is 0.416 e. The van der Waals surface area contributed by atoms with Crippen LogP contribution >= 0.6 is 23.2 Å². The van der Waals surface area contributed by atoms with Crippen LogP contribution in [0.2, 0.25) is 10.0 Å². The van der Waals surface area contributed by atoms with Crippen molar-refractivity contribution in [1.82, 2.24) is 10.9 Å². The van der Waals surface area contributed by atoms with Crippen LogP contribution in [0.1, 0.15) is 21.5 Å². The molecule has 26 heavy (non-hydrogen) atoms. The molecular weight excluding hydrogens is 392 g/mol. The predicted molar refractivity (Wildman–Crippen MR) is 92.5 cm³/mol. The highest BCUT2D eigenvalue weighted by atomic mass is 35.5. The summed E-state index contributed by atoms with van der Waals surface area (Å²) in [6, 6.07) is 8.94. The van der Waals surface area contributed by atoms with Crippen LogP contribution in [0, 0.1) is 0 Å². The minimum atomic E-state index is -4.53. The van der Waals surface area contributed by atoms with Gasteiger partial charge in [0.1, 0.15) is 0 Å². The second-order valence-corrected chi connectivity index (χ2v) is 5.81. The van der Waals surface area contributed by atoms with E-state index < -0.39 is 23.6 Å². The summed E-state index contributed by atoms with van der Waals surface area (Å²) in [7, 11) is 0. The molecular formula is C17H11Cl2F3N2O2. The lowest BCUT2D eigenvalue weighted by molar-refractivity contribution is -0.137. The van der Waals surface area contributed by atoms with Crippen LogP contribution < -0.4 is 10.9 Å². The first-order chi connectivity index (χ1) is 12.2. The fourth-order valence-corrected chi connectivity index (χ4v) is 2.29. The quantitative estimate of drug-likeness (QED) is 0.586. The molecule has 2 aromatic rings. The number of hydrogen-bond donors (Lipinski definition) is 2. The van der Waals surface area contributed by atoms with E-state index in [1.165, 1.54) is 12.1 Å². The zero-order valence-electron chi connectivity index (χ0n) is 12.9. The zero-order valence-corrected chi connectivity index (χ0v) is 14.4. The topological polar surface area (TPSA) is 58.2 Å². The van der Waals surface area contributed by atoms with Crippen molar-refractivity contribution < 1.29 is 22.8 Å². The molecule has 0 fully saturated rings. The number of halogens is 5. The number of benzene rings is 2. The van der Waals surface area contributed by atoms with Crippen LogP contribution in [0.4, 0.5) is 13.2 Å². The summed E-state index contributed by atoms with van der Waals surface area (Å²) in [4.78, 5) is 23.6. The predicted octanol–water partition coefficient (Wildman–Crippen LogP) is 4.49. The lowest BCUT2D eigenvalue weighted by Crippen LogP contribution is -2.40. The van der Waals surface area contributed by atoms with Gasteiger partial charge in [-0.2, -0.15) is 13.2 Å². The third-order valence-electron chi connectivity index (χ3n) is 3.16. The van der Waals surface area contributed by atoms with E-state index in [4.69, 9.17) is 23.2 Å². The van der Waals surface area contributed by atoms with Crippen molar-refractivity contribution in [2.45, 2.75) is 6.18 Å². The Morgan fingerprint density at radius 2 is 1.65 bits per heavy atom. The molecule has 0 aliphatic rings. The van der Waals surface area contributed by atoms with E-state index in [-0.39, 0.29) is 21.2 Å². The van der Waals surface area contributed by atoms with Gasteiger partial charge in [-0.3, -0.25) is 20.4 Å². The fourth-order valence-electron chi connectivity index (χ4n) is 1.89. The van der Waals surface area contributed by atoms with Gasteiger partial charge >= 0.3 is 6.18 Å². The Labute approximate surface area is 156 Å². The average molecular weight is 403 g/mol. The maximum Gasteiger partial charge on any atom is 0.416 e. The van der Waals surface area contributed by atoms with Crippen molar-refractivity contribution >= 4 is 41.1 Å². The Bertz CT molecular complexity index is 867. The standard InChI is InChI=1S/C17H11Cl2F3N2O2/c18-13-7-6-11(17(20,21)22)9-10(13)5-8-15(25)23-24-16(26)12-3-1-2-4-14(12)19/h1-9H,(H,23,25)(H,24,26)/b8-5+. The van der Waals surface area contributed by atoms with Gasteiger partial charge in [-0.05, 0) is 42.0 Å². The molecule has 136 valence electrons. The van der Waals surface area contributed by atoms with E-state index in [1.54, 1.807) is 12.1 Å². The van der Waals surface area contributed by atoms with Gasteiger partial charge in [-0.25, -0.2) is 0 Å². The third kappa shape index (κ3) is 5.24. The zero-order chi connectivity index (χ0) is 19.3. The van der Waals surface area contributed by atoms with E-state index in [1.807, 2.05) is 0 Å². The molecule has 2 rings (SSSR count). The molecule has 0 saturated heterocycles. The van der Waals surface area contributed by atoms with Gasteiger partial charge in [0.05, 0.1) is 16.1 Å². The molecule has 0 aromatic heterocycles. The summed E-state index contributed by atoms with van der Waals surface area (Å²) < 4.78 is 38.1. The summed E-state index contributed by atoms with van der Waals surface area (Å²) in [5, 5.41) is 0.243. The average Bonchev–Trinajstić information content (AvgIpc) is 2.58. The van der Waals surface area contributed by atoms with Gasteiger partial charge in [0.2, 0.25) is 0 Å². The summed E-state index contributed by atoms with van der Waals surface area (Å²) in [5.74, 6) is -1.41. The molecule has 2 N–H and O–H groups in total. The molecule has 0 aliphatic carbocycles. The molecule has 0 radical (unpaired) electrons. The first-order valence-corrected chi connectivity index (χ1v) is 7.84. The van der Waals surface area contributed by atoms with Crippen LogP contribution in [0.3, 0.4) is 0 Å². The highest BCUT2D eigenvalue weighted by molar-refractivity contribution is 6.33. The van der Waals surface area contributed by atoms with Crippen LogP contribution in [0.25, 0.3) is 6.08 Å². The Kier molecular flexibility index (Phi) is 6.28. The van der Waals surface area contributed by atoms with Crippen molar-refractivity contribution in [1.29, 1.82) is 0 Å². The molecule has 4 nitrogen and oxygen atoms in total. The minimum Gasteiger partial charge on any atom is -0.268 e. The number of rotatable bonds is 3. The molecule has 2 amide bonds. The van der Waals surface area contributed by atoms with Gasteiger partial charge in [0, 0.05) is 11.1 Å². The second-order valence-electron chi connectivity index (χ2n) is 4.99. The van der Waals surface area contributed by atoms with Gasteiger partial charge in [0.15, 0.2) is 0 Å². The number of alkyl halides is 3. The number of amides is 2. The molecule has 0 spiro atoms. The Morgan fingerprint density at radius 3 is 2.31 bits per heavy atom. The number of hydrogen-bond acceptors (Lipinski definition) is 2. The van der Waals surface area contributed by atoms with Gasteiger partial charge in [-0.1, -0.05) is 35.3 Å². The van der Waals surface area contributed by atoms with Crippen molar-refractivity contribution in [3.63, 3.8) is 0 Å². The van der Waals surface area contributed by atoms with Crippen molar-refractivity contribution in [3.8, 4) is 0 Å². The monoisotopic (exact) mass is 402 g/mol. The first kappa shape index (κ1) is 19.8. The van der Waals surface area contributed by atoms with Crippen LogP contribution in [-0.2, 0) is 11.0 Å². The van der Waals surface area contributed by atoms with E-state index in [0.29, 0.717) is 0 Å². The van der Waals surface area contributed by atoms with Crippen LogP contribution in [0.5, 0.6) is 0 Å². The van der Waals surface area contributed by atoms with E-state index >= 15 is 0 Å². The summed E-state index contributed by atoms with van der Waals surface area (Å²) in [6.45, 7) is 0. The number of carbonyl (C=O) groups is 2. The molecule has 0 bridgehead atoms. The molecule has 0 atom stereocenters. The maximum absolute atomic E-state index is 12.7. The van der Waals surface area contributed by atoms with Crippen LogP contribution in [0.15, 0.2) is 48.5 Å². The highest BCUT2D eigenvalue weighted by Crippen LogP contribution is 2.32. The van der Waals surface area contributed by atoms with Gasteiger partial charge in [0.25, 0.3) is 11.8 Å². The maximum atomic E-state index is 12.7. The molecule has 2 aromatic carbocycles. The fraction of sp³-hybridized carbons (Fsp3) is 0.0588. The summed E-state index contributed by atoms with van der Waals surface area (Å²) in [5.41, 5.74) is 3.50. The molecule has 0 aliphatic heterocycles. The highest BCUT2D eigenvalue weighted by Gasteiger charge is 2.30. The van der Waals surface area contributed by atoms with Gasteiger partial charge in [-0.15, -0.1) is 0 Å². The second kappa shape index (κ2) is 8.25. The summed E-state index contributed by atoms with van der Waals surface area (Å²) in [6.07, 6.45) is -2.48. The van der Waals surface area contributed by atoms with Gasteiger partial charge < -0.3 is 0 Å². The van der Waals surface area contributed by atoms with Crippen molar-refractivity contribution in [2.24, 2.45) is 0 Å². The van der Waals surface area contributed by atoms with E-state index in [0.717, 1.165) is 30.4 Å². The number of hydrazine groups is 1. The summed E-state index contributed by atoms with van der Waals surface area (Å²) >= 11 is 11.7. The molecule has 0 unspecified atom stereocenters. The Hall–Kier alpha value is -2.51. The number of nitrogens with one attached hydrogen (secondary N) is 2. The van der Waals surface area contributed by atoms with Crippen molar-refractivity contribution in [2.75, 3.05) is 0 Å². The number of carbonyl (C=O) groups excluding carboxylic acids is 2. The molecule has 0 saturated carbocycles. The molecule has 9 heteroatoms. The van der Waals surface area contributed by atoms with Crippen LogP contribution in [-0.4, -0.2) is 11.8 Å². The molecule has 0 heterocycles. The Balaban J connectivity index is 2.02. The van der Waals surface area contributed by atoms with E-state index in [2.05, 4.69) is 10.9 Å². The Morgan fingerprint density at radius 1 is 0.962 bits per heavy atom. The minimum absolute atomic E-state index is 0.00840.